The molecule has 5 heteroatoms. The van der Waals surface area contributed by atoms with Gasteiger partial charge >= 0.3 is 11.9 Å². The van der Waals surface area contributed by atoms with Crippen LogP contribution in [0.4, 0.5) is 5.69 Å². The molecule has 26 heavy (non-hydrogen) atoms. The second-order valence-electron chi connectivity index (χ2n) is 7.01. The minimum atomic E-state index is -0.367. The molecule has 0 fully saturated rings. The maximum atomic E-state index is 12.1. The second kappa shape index (κ2) is 7.20. The predicted octanol–water partition coefficient (Wildman–Crippen LogP) is 4.40. The van der Waals surface area contributed by atoms with E-state index >= 15 is 0 Å². The van der Waals surface area contributed by atoms with Crippen LogP contribution in [0.1, 0.15) is 33.3 Å². The third kappa shape index (κ3) is 3.57. The molecule has 0 saturated heterocycles. The fourth-order valence-electron chi connectivity index (χ4n) is 2.67. The van der Waals surface area contributed by atoms with Crippen LogP contribution in [0.2, 0.25) is 0 Å². The van der Waals surface area contributed by atoms with Crippen molar-refractivity contribution in [3.8, 4) is 22.6 Å². The van der Waals surface area contributed by atoms with Gasteiger partial charge in [-0.2, -0.15) is 0 Å². The third-order valence-corrected chi connectivity index (χ3v) is 4.22. The van der Waals surface area contributed by atoms with Gasteiger partial charge in [-0.1, -0.05) is 45.9 Å². The fraction of sp³-hybridized carbons (Fsp3) is 0.333. The molecule has 0 bridgehead atoms. The van der Waals surface area contributed by atoms with Crippen molar-refractivity contribution in [2.75, 3.05) is 5.32 Å². The molecule has 1 aliphatic rings. The van der Waals surface area contributed by atoms with Gasteiger partial charge in [0.25, 0.3) is 0 Å². The maximum Gasteiger partial charge on any atom is 0.313 e. The van der Waals surface area contributed by atoms with Crippen LogP contribution in [-0.4, -0.2) is 11.9 Å². The summed E-state index contributed by atoms with van der Waals surface area (Å²) in [5.74, 6) is -0.747. The van der Waals surface area contributed by atoms with E-state index in [-0.39, 0.29) is 35.3 Å². The zero-order valence-corrected chi connectivity index (χ0v) is 15.5. The number of esters is 2. The molecular formula is C21H23NO4. The zero-order valence-electron chi connectivity index (χ0n) is 15.5. The molecular weight excluding hydrogens is 330 g/mol. The first-order valence-electron chi connectivity index (χ1n) is 8.80. The number of fused-ring (bicyclic) bond motifs is 3. The Morgan fingerprint density at radius 1 is 0.885 bits per heavy atom. The molecule has 0 saturated carbocycles. The van der Waals surface area contributed by atoms with E-state index in [1.807, 2.05) is 24.3 Å². The Kier molecular flexibility index (Phi) is 4.98. The maximum absolute atomic E-state index is 12.1. The van der Waals surface area contributed by atoms with Gasteiger partial charge < -0.3 is 14.8 Å². The van der Waals surface area contributed by atoms with E-state index in [4.69, 9.17) is 9.47 Å². The van der Waals surface area contributed by atoms with Crippen LogP contribution in [0.25, 0.3) is 11.1 Å². The Morgan fingerprint density at radius 2 is 1.46 bits per heavy atom. The average molecular weight is 353 g/mol. The molecule has 0 aliphatic carbocycles. The molecule has 2 aromatic rings. The van der Waals surface area contributed by atoms with Gasteiger partial charge in [0, 0.05) is 17.8 Å². The molecule has 0 atom stereocenters. The minimum Gasteiger partial charge on any atom is -0.422 e. The van der Waals surface area contributed by atoms with Crippen molar-refractivity contribution >= 4 is 17.6 Å². The highest BCUT2D eigenvalue weighted by molar-refractivity contribution is 5.86. The van der Waals surface area contributed by atoms with Gasteiger partial charge in [-0.25, -0.2) is 0 Å². The molecule has 0 aromatic heterocycles. The van der Waals surface area contributed by atoms with Crippen LogP contribution in [0.5, 0.6) is 11.5 Å². The van der Waals surface area contributed by atoms with E-state index in [0.717, 1.165) is 22.4 Å². The molecule has 0 spiro atoms. The van der Waals surface area contributed by atoms with E-state index in [9.17, 15) is 9.59 Å². The van der Waals surface area contributed by atoms with Crippen molar-refractivity contribution in [2.24, 2.45) is 11.8 Å². The normalized spacial score (nSPS) is 12.2. The van der Waals surface area contributed by atoms with E-state index in [0.29, 0.717) is 6.54 Å². The Balaban J connectivity index is 2.07. The summed E-state index contributed by atoms with van der Waals surface area (Å²) in [6.07, 6.45) is 0. The lowest BCUT2D eigenvalue weighted by Gasteiger charge is -2.23. The number of anilines is 1. The average Bonchev–Trinajstić information content (AvgIpc) is 2.61. The third-order valence-electron chi connectivity index (χ3n) is 4.22. The lowest BCUT2D eigenvalue weighted by Crippen LogP contribution is -2.19. The Hall–Kier alpha value is -2.82. The zero-order chi connectivity index (χ0) is 18.8. The van der Waals surface area contributed by atoms with E-state index in [1.165, 1.54) is 0 Å². The summed E-state index contributed by atoms with van der Waals surface area (Å²) in [6, 6.07) is 11.5. The highest BCUT2D eigenvalue weighted by atomic mass is 16.6. The Labute approximate surface area is 153 Å². The summed E-state index contributed by atoms with van der Waals surface area (Å²) >= 11 is 0. The number of hydrogen-bond donors (Lipinski definition) is 1. The van der Waals surface area contributed by atoms with Crippen molar-refractivity contribution < 1.29 is 19.1 Å². The summed E-state index contributed by atoms with van der Waals surface area (Å²) in [5, 5.41) is 3.35. The van der Waals surface area contributed by atoms with Crippen molar-refractivity contribution in [3.05, 3.63) is 42.0 Å². The molecule has 1 heterocycles. The van der Waals surface area contributed by atoms with E-state index in [1.54, 1.807) is 39.8 Å². The summed E-state index contributed by atoms with van der Waals surface area (Å²) in [6.45, 7) is 7.66. The number of carbonyl (C=O) groups is 2. The number of carbonyl (C=O) groups excluding carboxylic acids is 2. The molecule has 2 aromatic carbocycles. The summed E-state index contributed by atoms with van der Waals surface area (Å²) < 4.78 is 11.0. The molecule has 0 amide bonds. The van der Waals surface area contributed by atoms with Crippen molar-refractivity contribution in [1.82, 2.24) is 0 Å². The standard InChI is InChI=1S/C21H23NO4/c1-12(2)20(23)25-18-9-14-11-22-17-8-6-5-7-15(17)16(14)10-19(18)26-21(24)13(3)4/h5-10,12-13,22H,11H2,1-4H3. The van der Waals surface area contributed by atoms with Gasteiger partial charge in [-0.05, 0) is 29.3 Å². The second-order valence-corrected chi connectivity index (χ2v) is 7.01. The van der Waals surface area contributed by atoms with Gasteiger partial charge in [-0.15, -0.1) is 0 Å². The number of hydrogen-bond acceptors (Lipinski definition) is 5. The SMILES string of the molecule is CC(C)C(=O)Oc1cc2c(cc1OC(=O)C(C)C)-c1ccccc1NC2. The van der Waals surface area contributed by atoms with Crippen LogP contribution in [-0.2, 0) is 16.1 Å². The summed E-state index contributed by atoms with van der Waals surface area (Å²) in [5.41, 5.74) is 4.00. The van der Waals surface area contributed by atoms with Crippen LogP contribution in [0.15, 0.2) is 36.4 Å². The largest absolute Gasteiger partial charge is 0.422 e. The highest BCUT2D eigenvalue weighted by Crippen LogP contribution is 2.42. The lowest BCUT2D eigenvalue weighted by atomic mass is 9.94. The van der Waals surface area contributed by atoms with Gasteiger partial charge in [0.15, 0.2) is 11.5 Å². The number of benzene rings is 2. The first kappa shape index (κ1) is 18.0. The molecule has 136 valence electrons. The van der Waals surface area contributed by atoms with Crippen LogP contribution in [0, 0.1) is 11.8 Å². The summed E-state index contributed by atoms with van der Waals surface area (Å²) in [7, 11) is 0. The Bertz CT molecular complexity index is 855. The quantitative estimate of drug-likeness (QED) is 0.652. The first-order valence-corrected chi connectivity index (χ1v) is 8.80. The van der Waals surface area contributed by atoms with Crippen molar-refractivity contribution in [1.29, 1.82) is 0 Å². The molecule has 5 nitrogen and oxygen atoms in total. The van der Waals surface area contributed by atoms with E-state index in [2.05, 4.69) is 5.32 Å². The molecule has 3 rings (SSSR count). The van der Waals surface area contributed by atoms with E-state index < -0.39 is 0 Å². The molecule has 1 N–H and O–H groups in total. The first-order chi connectivity index (χ1) is 12.4. The van der Waals surface area contributed by atoms with Gasteiger partial charge in [0.1, 0.15) is 0 Å². The van der Waals surface area contributed by atoms with Crippen molar-refractivity contribution in [3.63, 3.8) is 0 Å². The number of para-hydroxylation sites is 1. The van der Waals surface area contributed by atoms with Crippen molar-refractivity contribution in [2.45, 2.75) is 34.2 Å². The van der Waals surface area contributed by atoms with Crippen LogP contribution < -0.4 is 14.8 Å². The lowest BCUT2D eigenvalue weighted by molar-refractivity contribution is -0.140. The topological polar surface area (TPSA) is 64.6 Å². The van der Waals surface area contributed by atoms with Gasteiger partial charge in [-0.3, -0.25) is 9.59 Å². The number of nitrogens with one attached hydrogen (secondary N) is 1. The number of ether oxygens (including phenoxy) is 2. The van der Waals surface area contributed by atoms with Gasteiger partial charge in [0.2, 0.25) is 0 Å². The number of rotatable bonds is 4. The monoisotopic (exact) mass is 353 g/mol. The van der Waals surface area contributed by atoms with Crippen LogP contribution >= 0.6 is 0 Å². The van der Waals surface area contributed by atoms with Crippen LogP contribution in [0.3, 0.4) is 0 Å². The van der Waals surface area contributed by atoms with Gasteiger partial charge in [0.05, 0.1) is 11.8 Å². The minimum absolute atomic E-state index is 0.271. The molecule has 0 radical (unpaired) electrons. The highest BCUT2D eigenvalue weighted by Gasteiger charge is 2.23. The smallest absolute Gasteiger partial charge is 0.313 e. The molecule has 0 unspecified atom stereocenters. The summed E-state index contributed by atoms with van der Waals surface area (Å²) in [4.78, 5) is 24.2. The Morgan fingerprint density at radius 3 is 2.08 bits per heavy atom. The molecule has 1 aliphatic heterocycles. The predicted molar refractivity (Wildman–Crippen MR) is 100 cm³/mol. The fourth-order valence-corrected chi connectivity index (χ4v) is 2.67.